The molecule has 0 bridgehead atoms. The summed E-state index contributed by atoms with van der Waals surface area (Å²) in [6.45, 7) is -1.02. The highest BCUT2D eigenvalue weighted by molar-refractivity contribution is 7.91. The lowest BCUT2D eigenvalue weighted by Gasteiger charge is -2.05. The zero-order valence-electron chi connectivity index (χ0n) is 7.20. The summed E-state index contributed by atoms with van der Waals surface area (Å²) in [5.74, 6) is -1.39. The summed E-state index contributed by atoms with van der Waals surface area (Å²) in [5, 5.41) is 0. The monoisotopic (exact) mass is 221 g/mol. The van der Waals surface area contributed by atoms with Crippen LogP contribution in [0.15, 0.2) is 23.1 Å². The van der Waals surface area contributed by atoms with Crippen molar-refractivity contribution in [1.29, 1.82) is 0 Å². The number of nitrogens with two attached hydrogens (primary N) is 1. The molecule has 1 rings (SSSR count). The minimum Gasteiger partial charge on any atom is -0.398 e. The molecule has 0 radical (unpaired) electrons. The summed E-state index contributed by atoms with van der Waals surface area (Å²) in [4.78, 5) is -0.352. The van der Waals surface area contributed by atoms with Gasteiger partial charge in [0, 0.05) is 0 Å². The van der Waals surface area contributed by atoms with Crippen LogP contribution in [0.1, 0.15) is 0 Å². The van der Waals surface area contributed by atoms with Gasteiger partial charge in [0.25, 0.3) is 0 Å². The SMILES string of the molecule is Nc1ccc(F)cc1S(=O)(=O)CCF. The average Bonchev–Trinajstić information content (AvgIpc) is 2.09. The lowest BCUT2D eigenvalue weighted by molar-refractivity contribution is 0.517. The number of benzene rings is 1. The summed E-state index contributed by atoms with van der Waals surface area (Å²) in [6, 6.07) is 2.98. The number of rotatable bonds is 3. The van der Waals surface area contributed by atoms with E-state index in [0.29, 0.717) is 0 Å². The van der Waals surface area contributed by atoms with Crippen LogP contribution in [0, 0.1) is 5.82 Å². The third kappa shape index (κ3) is 2.20. The second-order valence-corrected chi connectivity index (χ2v) is 4.77. The third-order valence-electron chi connectivity index (χ3n) is 1.66. The quantitative estimate of drug-likeness (QED) is 0.779. The third-order valence-corrected chi connectivity index (χ3v) is 3.37. The first kappa shape index (κ1) is 10.9. The molecule has 0 aliphatic rings. The molecule has 78 valence electrons. The highest BCUT2D eigenvalue weighted by Crippen LogP contribution is 2.20. The Balaban J connectivity index is 3.25. The first-order valence-electron chi connectivity index (χ1n) is 3.81. The Morgan fingerprint density at radius 1 is 1.36 bits per heavy atom. The second kappa shape index (κ2) is 3.91. The fourth-order valence-corrected chi connectivity index (χ4v) is 2.13. The predicted octanol–water partition coefficient (Wildman–Crippen LogP) is 1.15. The lowest BCUT2D eigenvalue weighted by Crippen LogP contribution is -2.11. The lowest BCUT2D eigenvalue weighted by atomic mass is 10.3. The summed E-state index contributed by atoms with van der Waals surface area (Å²) in [5.41, 5.74) is 5.27. The molecular formula is C8H9F2NO2S. The van der Waals surface area contributed by atoms with E-state index < -0.39 is 28.1 Å². The zero-order valence-corrected chi connectivity index (χ0v) is 8.02. The first-order valence-corrected chi connectivity index (χ1v) is 5.46. The molecule has 3 nitrogen and oxygen atoms in total. The Bertz CT molecular complexity index is 431. The fourth-order valence-electron chi connectivity index (χ4n) is 0.989. The van der Waals surface area contributed by atoms with Crippen LogP contribution in [0.2, 0.25) is 0 Å². The maximum Gasteiger partial charge on any atom is 0.183 e. The van der Waals surface area contributed by atoms with E-state index in [9.17, 15) is 17.2 Å². The Morgan fingerprint density at radius 3 is 2.57 bits per heavy atom. The van der Waals surface area contributed by atoms with Crippen LogP contribution in [0.25, 0.3) is 0 Å². The Morgan fingerprint density at radius 2 is 2.00 bits per heavy atom. The number of sulfone groups is 1. The van der Waals surface area contributed by atoms with Crippen molar-refractivity contribution in [2.45, 2.75) is 4.90 Å². The van der Waals surface area contributed by atoms with Crippen molar-refractivity contribution >= 4 is 15.5 Å². The van der Waals surface area contributed by atoms with E-state index in [1.165, 1.54) is 0 Å². The van der Waals surface area contributed by atoms with Gasteiger partial charge in [0.2, 0.25) is 0 Å². The van der Waals surface area contributed by atoms with Gasteiger partial charge >= 0.3 is 0 Å². The molecule has 0 atom stereocenters. The van der Waals surface area contributed by atoms with E-state index in [4.69, 9.17) is 5.73 Å². The summed E-state index contributed by atoms with van der Waals surface area (Å²) in [6.07, 6.45) is 0. The molecule has 0 aliphatic carbocycles. The number of nitrogen functional groups attached to an aromatic ring is 1. The Kier molecular flexibility index (Phi) is 3.05. The molecular weight excluding hydrogens is 212 g/mol. The van der Waals surface area contributed by atoms with Gasteiger partial charge in [-0.15, -0.1) is 0 Å². The average molecular weight is 221 g/mol. The molecule has 0 saturated heterocycles. The molecule has 0 aromatic heterocycles. The predicted molar refractivity (Wildman–Crippen MR) is 48.8 cm³/mol. The molecule has 1 aromatic rings. The van der Waals surface area contributed by atoms with Crippen LogP contribution in [-0.4, -0.2) is 20.8 Å². The molecule has 14 heavy (non-hydrogen) atoms. The molecule has 0 fully saturated rings. The number of hydrogen-bond donors (Lipinski definition) is 1. The second-order valence-electron chi connectivity index (χ2n) is 2.69. The summed E-state index contributed by atoms with van der Waals surface area (Å²) >= 11 is 0. The Labute approximate surface area is 80.5 Å². The van der Waals surface area contributed by atoms with Gasteiger partial charge in [-0.2, -0.15) is 0 Å². The maximum absolute atomic E-state index is 12.7. The van der Waals surface area contributed by atoms with Gasteiger partial charge in [-0.05, 0) is 18.2 Å². The van der Waals surface area contributed by atoms with Crippen molar-refractivity contribution in [3.63, 3.8) is 0 Å². The van der Waals surface area contributed by atoms with Gasteiger partial charge in [0.15, 0.2) is 9.84 Å². The normalized spacial score (nSPS) is 11.6. The van der Waals surface area contributed by atoms with Gasteiger partial charge in [0.05, 0.1) is 16.3 Å². The summed E-state index contributed by atoms with van der Waals surface area (Å²) in [7, 11) is -3.80. The molecule has 0 heterocycles. The van der Waals surface area contributed by atoms with Crippen molar-refractivity contribution in [2.75, 3.05) is 18.2 Å². The van der Waals surface area contributed by atoms with Crippen LogP contribution < -0.4 is 5.73 Å². The van der Waals surface area contributed by atoms with Crippen molar-refractivity contribution in [3.8, 4) is 0 Å². The number of hydrogen-bond acceptors (Lipinski definition) is 3. The molecule has 0 aliphatic heterocycles. The highest BCUT2D eigenvalue weighted by atomic mass is 32.2. The number of halogens is 2. The highest BCUT2D eigenvalue weighted by Gasteiger charge is 2.17. The number of anilines is 1. The van der Waals surface area contributed by atoms with E-state index in [0.717, 1.165) is 18.2 Å². The maximum atomic E-state index is 12.7. The van der Waals surface area contributed by atoms with E-state index >= 15 is 0 Å². The first-order chi connectivity index (χ1) is 6.47. The van der Waals surface area contributed by atoms with Crippen molar-refractivity contribution in [1.82, 2.24) is 0 Å². The van der Waals surface area contributed by atoms with Gasteiger partial charge in [-0.3, -0.25) is 0 Å². The fraction of sp³-hybridized carbons (Fsp3) is 0.250. The van der Waals surface area contributed by atoms with Gasteiger partial charge in [-0.1, -0.05) is 0 Å². The number of alkyl halides is 1. The van der Waals surface area contributed by atoms with Crippen LogP contribution >= 0.6 is 0 Å². The Hall–Kier alpha value is -1.17. The molecule has 1 aromatic carbocycles. The largest absolute Gasteiger partial charge is 0.398 e. The minimum absolute atomic E-state index is 0.0696. The van der Waals surface area contributed by atoms with Gasteiger partial charge in [0.1, 0.15) is 12.5 Å². The van der Waals surface area contributed by atoms with Crippen molar-refractivity contribution in [3.05, 3.63) is 24.0 Å². The standard InChI is InChI=1S/C8H9F2NO2S/c9-3-4-14(12,13)8-5-6(10)1-2-7(8)11/h1-2,5H,3-4,11H2. The van der Waals surface area contributed by atoms with E-state index in [2.05, 4.69) is 0 Å². The van der Waals surface area contributed by atoms with Crippen LogP contribution in [0.3, 0.4) is 0 Å². The molecule has 0 unspecified atom stereocenters. The molecule has 0 saturated carbocycles. The van der Waals surface area contributed by atoms with Crippen molar-refractivity contribution < 1.29 is 17.2 Å². The van der Waals surface area contributed by atoms with Gasteiger partial charge < -0.3 is 5.73 Å². The topological polar surface area (TPSA) is 60.2 Å². The van der Waals surface area contributed by atoms with E-state index in [1.807, 2.05) is 0 Å². The van der Waals surface area contributed by atoms with Crippen LogP contribution in [0.4, 0.5) is 14.5 Å². The molecule has 6 heteroatoms. The minimum atomic E-state index is -3.80. The van der Waals surface area contributed by atoms with Gasteiger partial charge in [-0.25, -0.2) is 17.2 Å². The van der Waals surface area contributed by atoms with E-state index in [1.54, 1.807) is 0 Å². The molecule has 2 N–H and O–H groups in total. The smallest absolute Gasteiger partial charge is 0.183 e. The van der Waals surface area contributed by atoms with Crippen LogP contribution in [-0.2, 0) is 9.84 Å². The van der Waals surface area contributed by atoms with Crippen LogP contribution in [0.5, 0.6) is 0 Å². The molecule has 0 spiro atoms. The van der Waals surface area contributed by atoms with E-state index in [-0.39, 0.29) is 10.6 Å². The zero-order chi connectivity index (χ0) is 10.8. The summed E-state index contributed by atoms with van der Waals surface area (Å²) < 4.78 is 47.2. The van der Waals surface area contributed by atoms with Crippen molar-refractivity contribution in [2.24, 2.45) is 0 Å². The molecule has 0 amide bonds.